The predicted octanol–water partition coefficient (Wildman–Crippen LogP) is 3.41. The van der Waals surface area contributed by atoms with Gasteiger partial charge < -0.3 is 10.1 Å². The first-order valence-electron chi connectivity index (χ1n) is 6.60. The summed E-state index contributed by atoms with van der Waals surface area (Å²) in [5.74, 6) is 0.935. The van der Waals surface area contributed by atoms with Gasteiger partial charge in [-0.1, -0.05) is 31.9 Å². The highest BCUT2D eigenvalue weighted by Crippen LogP contribution is 2.14. The van der Waals surface area contributed by atoms with Gasteiger partial charge in [0.2, 0.25) is 0 Å². The number of unbranched alkanes of at least 4 members (excludes halogenated alkanes) is 1. The van der Waals surface area contributed by atoms with Crippen molar-refractivity contribution in [3.63, 3.8) is 0 Å². The summed E-state index contributed by atoms with van der Waals surface area (Å²) in [4.78, 5) is 0. The van der Waals surface area contributed by atoms with Gasteiger partial charge >= 0.3 is 0 Å². The Bertz CT molecular complexity index is 294. The lowest BCUT2D eigenvalue weighted by molar-refractivity contribution is 0.414. The first-order valence-corrected chi connectivity index (χ1v) is 6.60. The van der Waals surface area contributed by atoms with Gasteiger partial charge in [-0.15, -0.1) is 0 Å². The van der Waals surface area contributed by atoms with Crippen molar-refractivity contribution in [2.75, 3.05) is 14.2 Å². The average molecular weight is 235 g/mol. The van der Waals surface area contributed by atoms with E-state index in [2.05, 4.69) is 31.4 Å². The van der Waals surface area contributed by atoms with E-state index in [0.717, 1.165) is 12.2 Å². The fourth-order valence-electron chi connectivity index (χ4n) is 2.02. The average Bonchev–Trinajstić information content (AvgIpc) is 2.39. The van der Waals surface area contributed by atoms with Gasteiger partial charge in [-0.25, -0.2) is 0 Å². The Labute approximate surface area is 105 Å². The number of ether oxygens (including phenoxy) is 1. The van der Waals surface area contributed by atoms with E-state index in [1.165, 1.54) is 31.2 Å². The van der Waals surface area contributed by atoms with Gasteiger partial charge in [-0.05, 0) is 44.0 Å². The molecule has 0 aliphatic carbocycles. The summed E-state index contributed by atoms with van der Waals surface area (Å²) in [5.41, 5.74) is 1.39. The lowest BCUT2D eigenvalue weighted by Crippen LogP contribution is -2.25. The van der Waals surface area contributed by atoms with Crippen molar-refractivity contribution in [1.82, 2.24) is 5.32 Å². The van der Waals surface area contributed by atoms with Crippen molar-refractivity contribution in [1.29, 1.82) is 0 Å². The van der Waals surface area contributed by atoms with Crippen LogP contribution in [0.5, 0.6) is 5.75 Å². The second kappa shape index (κ2) is 8.13. The molecule has 0 saturated carbocycles. The van der Waals surface area contributed by atoms with Crippen LogP contribution in [0.1, 0.15) is 38.2 Å². The Kier molecular flexibility index (Phi) is 6.71. The maximum atomic E-state index is 5.16. The van der Waals surface area contributed by atoms with E-state index >= 15 is 0 Å². The number of hydrogen-bond acceptors (Lipinski definition) is 2. The Morgan fingerprint density at radius 2 is 1.88 bits per heavy atom. The van der Waals surface area contributed by atoms with Gasteiger partial charge in [0.25, 0.3) is 0 Å². The monoisotopic (exact) mass is 235 g/mol. The molecule has 17 heavy (non-hydrogen) atoms. The van der Waals surface area contributed by atoms with Gasteiger partial charge in [-0.3, -0.25) is 0 Å². The maximum absolute atomic E-state index is 5.16. The molecule has 0 aliphatic heterocycles. The minimum absolute atomic E-state index is 0.650. The molecule has 0 spiro atoms. The zero-order valence-electron chi connectivity index (χ0n) is 11.3. The maximum Gasteiger partial charge on any atom is 0.118 e. The molecular weight excluding hydrogens is 210 g/mol. The summed E-state index contributed by atoms with van der Waals surface area (Å²) in [7, 11) is 3.77. The van der Waals surface area contributed by atoms with Gasteiger partial charge in [-0.2, -0.15) is 0 Å². The highest BCUT2D eigenvalue weighted by atomic mass is 16.5. The first kappa shape index (κ1) is 14.0. The van der Waals surface area contributed by atoms with E-state index in [0.29, 0.717) is 6.04 Å². The number of benzene rings is 1. The second-order valence-electron chi connectivity index (χ2n) is 4.51. The van der Waals surface area contributed by atoms with E-state index in [1.54, 1.807) is 7.11 Å². The number of hydrogen-bond donors (Lipinski definition) is 1. The van der Waals surface area contributed by atoms with Crippen molar-refractivity contribution in [2.45, 2.75) is 45.1 Å². The molecule has 1 N–H and O–H groups in total. The Hall–Kier alpha value is -1.02. The number of aryl methyl sites for hydroxylation is 1. The molecule has 0 aliphatic rings. The molecule has 0 heterocycles. The van der Waals surface area contributed by atoms with Crippen LogP contribution in [0.3, 0.4) is 0 Å². The molecule has 2 heteroatoms. The summed E-state index contributed by atoms with van der Waals surface area (Å²) in [6.45, 7) is 2.25. The fraction of sp³-hybridized carbons (Fsp3) is 0.600. The minimum atomic E-state index is 0.650. The van der Waals surface area contributed by atoms with E-state index in [9.17, 15) is 0 Å². The third kappa shape index (κ3) is 5.22. The Morgan fingerprint density at radius 3 is 2.41 bits per heavy atom. The zero-order chi connectivity index (χ0) is 12.5. The number of rotatable bonds is 8. The summed E-state index contributed by atoms with van der Waals surface area (Å²) in [6.07, 6.45) is 6.22. The first-order chi connectivity index (χ1) is 8.30. The summed E-state index contributed by atoms with van der Waals surface area (Å²) < 4.78 is 5.16. The van der Waals surface area contributed by atoms with Crippen molar-refractivity contribution < 1.29 is 4.74 Å². The topological polar surface area (TPSA) is 21.3 Å². The molecule has 1 rings (SSSR count). The minimum Gasteiger partial charge on any atom is -0.497 e. The van der Waals surface area contributed by atoms with Crippen LogP contribution in [0, 0.1) is 0 Å². The van der Waals surface area contributed by atoms with Crippen LogP contribution in [0.15, 0.2) is 24.3 Å². The second-order valence-corrected chi connectivity index (χ2v) is 4.51. The van der Waals surface area contributed by atoms with Crippen molar-refractivity contribution >= 4 is 0 Å². The van der Waals surface area contributed by atoms with Crippen LogP contribution in [0.25, 0.3) is 0 Å². The molecule has 0 saturated heterocycles. The molecule has 0 radical (unpaired) electrons. The molecule has 1 atom stereocenters. The SMILES string of the molecule is CCCCC(CCc1ccc(OC)cc1)NC. The summed E-state index contributed by atoms with van der Waals surface area (Å²) in [6, 6.07) is 9.04. The normalized spacial score (nSPS) is 12.4. The third-order valence-electron chi connectivity index (χ3n) is 3.25. The van der Waals surface area contributed by atoms with Crippen molar-refractivity contribution in [2.24, 2.45) is 0 Å². The molecule has 0 amide bonds. The number of nitrogens with one attached hydrogen (secondary N) is 1. The largest absolute Gasteiger partial charge is 0.497 e. The van der Waals surface area contributed by atoms with Crippen molar-refractivity contribution in [3.05, 3.63) is 29.8 Å². The predicted molar refractivity (Wildman–Crippen MR) is 73.7 cm³/mol. The van der Waals surface area contributed by atoms with Crippen LogP contribution in [0.4, 0.5) is 0 Å². The molecular formula is C15H25NO. The lowest BCUT2D eigenvalue weighted by atomic mass is 10.0. The molecule has 1 aromatic rings. The lowest BCUT2D eigenvalue weighted by Gasteiger charge is -2.15. The number of methoxy groups -OCH3 is 1. The van der Waals surface area contributed by atoms with Gasteiger partial charge in [0.1, 0.15) is 5.75 Å². The van der Waals surface area contributed by atoms with Gasteiger partial charge in [0.05, 0.1) is 7.11 Å². The van der Waals surface area contributed by atoms with E-state index < -0.39 is 0 Å². The van der Waals surface area contributed by atoms with Crippen molar-refractivity contribution in [3.8, 4) is 5.75 Å². The molecule has 1 aromatic carbocycles. The zero-order valence-corrected chi connectivity index (χ0v) is 11.3. The molecule has 1 unspecified atom stereocenters. The van der Waals surface area contributed by atoms with Crippen LogP contribution < -0.4 is 10.1 Å². The van der Waals surface area contributed by atoms with E-state index in [4.69, 9.17) is 4.74 Å². The Morgan fingerprint density at radius 1 is 1.18 bits per heavy atom. The standard InChI is InChI=1S/C15H25NO/c1-4-5-6-14(16-2)10-7-13-8-11-15(17-3)12-9-13/h8-9,11-12,14,16H,4-7,10H2,1-3H3. The van der Waals surface area contributed by atoms with Crippen LogP contribution in [-0.4, -0.2) is 20.2 Å². The smallest absolute Gasteiger partial charge is 0.118 e. The van der Waals surface area contributed by atoms with Crippen LogP contribution in [0.2, 0.25) is 0 Å². The quantitative estimate of drug-likeness (QED) is 0.745. The molecule has 0 fully saturated rings. The fourth-order valence-corrected chi connectivity index (χ4v) is 2.02. The molecule has 0 aromatic heterocycles. The van der Waals surface area contributed by atoms with E-state index in [-0.39, 0.29) is 0 Å². The van der Waals surface area contributed by atoms with Crippen LogP contribution in [-0.2, 0) is 6.42 Å². The van der Waals surface area contributed by atoms with Crippen LogP contribution >= 0.6 is 0 Å². The summed E-state index contributed by atoms with van der Waals surface area (Å²) in [5, 5.41) is 3.40. The Balaban J connectivity index is 2.36. The van der Waals surface area contributed by atoms with E-state index in [1.807, 2.05) is 12.1 Å². The molecule has 2 nitrogen and oxygen atoms in total. The molecule has 96 valence electrons. The highest BCUT2D eigenvalue weighted by molar-refractivity contribution is 5.27. The van der Waals surface area contributed by atoms with Gasteiger partial charge in [0, 0.05) is 6.04 Å². The molecule has 0 bridgehead atoms. The highest BCUT2D eigenvalue weighted by Gasteiger charge is 2.05. The third-order valence-corrected chi connectivity index (χ3v) is 3.25. The summed E-state index contributed by atoms with van der Waals surface area (Å²) >= 11 is 0. The van der Waals surface area contributed by atoms with Gasteiger partial charge in [0.15, 0.2) is 0 Å².